The molecule has 134 valence electrons. The predicted octanol–water partition coefficient (Wildman–Crippen LogP) is 2.53. The van der Waals surface area contributed by atoms with Gasteiger partial charge in [-0.2, -0.15) is 0 Å². The largest absolute Gasteiger partial charge is 0.356 e. The van der Waals surface area contributed by atoms with E-state index in [-0.39, 0.29) is 17.3 Å². The van der Waals surface area contributed by atoms with Crippen LogP contribution >= 0.6 is 0 Å². The van der Waals surface area contributed by atoms with Crippen molar-refractivity contribution in [2.75, 3.05) is 20.1 Å². The molecule has 1 aromatic carbocycles. The zero-order chi connectivity index (χ0) is 17.6. The maximum absolute atomic E-state index is 12.9. The molecule has 1 aliphatic rings. The van der Waals surface area contributed by atoms with Crippen molar-refractivity contribution in [3.05, 3.63) is 30.1 Å². The molecular weight excluding hydrogens is 331 g/mol. The molecule has 1 fully saturated rings. The summed E-state index contributed by atoms with van der Waals surface area (Å²) in [7, 11) is -2.18. The van der Waals surface area contributed by atoms with Gasteiger partial charge in [-0.15, -0.1) is 0 Å². The minimum atomic E-state index is -3.64. The van der Waals surface area contributed by atoms with Crippen LogP contribution in [-0.2, 0) is 14.8 Å². The molecule has 0 spiro atoms. The van der Waals surface area contributed by atoms with Gasteiger partial charge < -0.3 is 5.32 Å². The molecule has 1 aromatic rings. The summed E-state index contributed by atoms with van der Waals surface area (Å²) in [5.41, 5.74) is 0. The Labute approximate surface area is 143 Å². The Kier molecular flexibility index (Phi) is 6.74. The van der Waals surface area contributed by atoms with Crippen LogP contribution in [0.4, 0.5) is 4.39 Å². The van der Waals surface area contributed by atoms with Gasteiger partial charge in [-0.05, 0) is 49.4 Å². The number of nitrogens with zero attached hydrogens (tertiary/aromatic N) is 1. The number of hydrogen-bond donors (Lipinski definition) is 1. The number of nitrogens with one attached hydrogen (secondary N) is 1. The maximum Gasteiger partial charge on any atom is 0.242 e. The SMILES string of the molecule is CN(CCCC(=O)NCC1CCCC1)S(=O)(=O)c1ccc(F)cc1. The smallest absolute Gasteiger partial charge is 0.242 e. The second kappa shape index (κ2) is 8.58. The van der Waals surface area contributed by atoms with Crippen LogP contribution in [-0.4, -0.2) is 38.8 Å². The quantitative estimate of drug-likeness (QED) is 0.778. The normalized spacial score (nSPS) is 15.8. The number of sulfonamides is 1. The summed E-state index contributed by atoms with van der Waals surface area (Å²) in [6.07, 6.45) is 5.60. The standard InChI is InChI=1S/C17H25FN2O3S/c1-20(24(22,23)16-10-8-15(18)9-11-16)12-4-7-17(21)19-13-14-5-2-3-6-14/h8-11,14H,2-7,12-13H2,1H3,(H,19,21). The number of rotatable bonds is 8. The van der Waals surface area contributed by atoms with Crippen LogP contribution in [0.2, 0.25) is 0 Å². The van der Waals surface area contributed by atoms with Gasteiger partial charge in [-0.3, -0.25) is 4.79 Å². The first-order chi connectivity index (χ1) is 11.4. The molecule has 1 amide bonds. The summed E-state index contributed by atoms with van der Waals surface area (Å²) >= 11 is 0. The van der Waals surface area contributed by atoms with Crippen LogP contribution < -0.4 is 5.32 Å². The van der Waals surface area contributed by atoms with Crippen molar-refractivity contribution in [2.24, 2.45) is 5.92 Å². The predicted molar refractivity (Wildman–Crippen MR) is 90.4 cm³/mol. The number of benzene rings is 1. The lowest BCUT2D eigenvalue weighted by Gasteiger charge is -2.17. The molecule has 2 rings (SSSR count). The summed E-state index contributed by atoms with van der Waals surface area (Å²) < 4.78 is 38.7. The number of hydrogen-bond acceptors (Lipinski definition) is 3. The van der Waals surface area contributed by atoms with Gasteiger partial charge >= 0.3 is 0 Å². The fourth-order valence-electron chi connectivity index (χ4n) is 2.93. The molecule has 0 bridgehead atoms. The van der Waals surface area contributed by atoms with E-state index in [0.717, 1.165) is 18.7 Å². The average molecular weight is 356 g/mol. The van der Waals surface area contributed by atoms with Crippen LogP contribution in [0.1, 0.15) is 38.5 Å². The Hall–Kier alpha value is -1.47. The second-order valence-electron chi connectivity index (χ2n) is 6.34. The Balaban J connectivity index is 1.74. The van der Waals surface area contributed by atoms with E-state index < -0.39 is 15.8 Å². The highest BCUT2D eigenvalue weighted by atomic mass is 32.2. The van der Waals surface area contributed by atoms with Gasteiger partial charge in [0.2, 0.25) is 15.9 Å². The van der Waals surface area contributed by atoms with Crippen molar-refractivity contribution in [1.82, 2.24) is 9.62 Å². The molecule has 1 N–H and O–H groups in total. The highest BCUT2D eigenvalue weighted by molar-refractivity contribution is 7.89. The summed E-state index contributed by atoms with van der Waals surface area (Å²) in [4.78, 5) is 11.9. The van der Waals surface area contributed by atoms with E-state index in [1.165, 1.54) is 49.2 Å². The molecule has 0 aromatic heterocycles. The van der Waals surface area contributed by atoms with Crippen molar-refractivity contribution in [3.63, 3.8) is 0 Å². The fraction of sp³-hybridized carbons (Fsp3) is 0.588. The number of amides is 1. The van der Waals surface area contributed by atoms with E-state index in [1.807, 2.05) is 0 Å². The van der Waals surface area contributed by atoms with Gasteiger partial charge in [-0.25, -0.2) is 17.1 Å². The van der Waals surface area contributed by atoms with E-state index in [9.17, 15) is 17.6 Å². The first-order valence-corrected chi connectivity index (χ1v) is 9.82. The van der Waals surface area contributed by atoms with Crippen LogP contribution in [0.3, 0.4) is 0 Å². The minimum absolute atomic E-state index is 0.0329. The zero-order valence-corrected chi connectivity index (χ0v) is 14.8. The first-order valence-electron chi connectivity index (χ1n) is 8.38. The van der Waals surface area contributed by atoms with E-state index in [1.54, 1.807) is 0 Å². The van der Waals surface area contributed by atoms with E-state index in [4.69, 9.17) is 0 Å². The molecule has 5 nitrogen and oxygen atoms in total. The van der Waals surface area contributed by atoms with Crippen LogP contribution in [0.5, 0.6) is 0 Å². The van der Waals surface area contributed by atoms with Gasteiger partial charge in [0.1, 0.15) is 5.82 Å². The Bertz CT molecular complexity index is 640. The molecule has 0 atom stereocenters. The molecule has 0 unspecified atom stereocenters. The Morgan fingerprint density at radius 2 is 1.88 bits per heavy atom. The highest BCUT2D eigenvalue weighted by Crippen LogP contribution is 2.23. The number of carbonyl (C=O) groups excluding carboxylic acids is 1. The summed E-state index contributed by atoms with van der Waals surface area (Å²) in [5.74, 6) is 0.0838. The lowest BCUT2D eigenvalue weighted by atomic mass is 10.1. The van der Waals surface area contributed by atoms with Gasteiger partial charge in [0, 0.05) is 26.6 Å². The summed E-state index contributed by atoms with van der Waals surface area (Å²) in [6.45, 7) is 0.971. The second-order valence-corrected chi connectivity index (χ2v) is 8.38. The molecule has 0 saturated heterocycles. The van der Waals surface area contributed by atoms with E-state index >= 15 is 0 Å². The van der Waals surface area contributed by atoms with Gasteiger partial charge in [0.15, 0.2) is 0 Å². The van der Waals surface area contributed by atoms with Gasteiger partial charge in [-0.1, -0.05) is 12.8 Å². The Morgan fingerprint density at radius 1 is 1.25 bits per heavy atom. The van der Waals surface area contributed by atoms with Crippen molar-refractivity contribution in [1.29, 1.82) is 0 Å². The molecule has 1 aliphatic carbocycles. The average Bonchev–Trinajstić information content (AvgIpc) is 3.06. The summed E-state index contributed by atoms with van der Waals surface area (Å²) in [5, 5.41) is 2.93. The molecule has 7 heteroatoms. The first kappa shape index (κ1) is 18.9. The molecule has 0 radical (unpaired) electrons. The molecule has 0 aliphatic heterocycles. The summed E-state index contributed by atoms with van der Waals surface area (Å²) in [6, 6.07) is 4.74. The molecule has 1 saturated carbocycles. The molecule has 0 heterocycles. The van der Waals surface area contributed by atoms with Crippen molar-refractivity contribution in [3.8, 4) is 0 Å². The Morgan fingerprint density at radius 3 is 2.50 bits per heavy atom. The van der Waals surface area contributed by atoms with Crippen LogP contribution in [0.15, 0.2) is 29.2 Å². The maximum atomic E-state index is 12.9. The molecular formula is C17H25FN2O3S. The van der Waals surface area contributed by atoms with Crippen molar-refractivity contribution >= 4 is 15.9 Å². The van der Waals surface area contributed by atoms with E-state index in [0.29, 0.717) is 18.8 Å². The van der Waals surface area contributed by atoms with Crippen LogP contribution in [0.25, 0.3) is 0 Å². The third-order valence-electron chi connectivity index (χ3n) is 4.46. The zero-order valence-electron chi connectivity index (χ0n) is 14.0. The fourth-order valence-corrected chi connectivity index (χ4v) is 4.14. The van der Waals surface area contributed by atoms with Crippen molar-refractivity contribution < 1.29 is 17.6 Å². The van der Waals surface area contributed by atoms with Crippen LogP contribution in [0, 0.1) is 11.7 Å². The van der Waals surface area contributed by atoms with Crippen molar-refractivity contribution in [2.45, 2.75) is 43.4 Å². The topological polar surface area (TPSA) is 66.5 Å². The number of carbonyl (C=O) groups is 1. The highest BCUT2D eigenvalue weighted by Gasteiger charge is 2.21. The lowest BCUT2D eigenvalue weighted by Crippen LogP contribution is -2.31. The van der Waals surface area contributed by atoms with Gasteiger partial charge in [0.05, 0.1) is 4.90 Å². The molecule has 24 heavy (non-hydrogen) atoms. The van der Waals surface area contributed by atoms with E-state index in [2.05, 4.69) is 5.32 Å². The van der Waals surface area contributed by atoms with Gasteiger partial charge in [0.25, 0.3) is 0 Å². The minimum Gasteiger partial charge on any atom is -0.356 e. The monoisotopic (exact) mass is 356 g/mol. The third kappa shape index (κ3) is 5.27. The third-order valence-corrected chi connectivity index (χ3v) is 6.33. The lowest BCUT2D eigenvalue weighted by molar-refractivity contribution is -0.121. The number of halogens is 1.